The van der Waals surface area contributed by atoms with Gasteiger partial charge in [-0.05, 0) is 42.5 Å². The van der Waals surface area contributed by atoms with Crippen LogP contribution in [0.1, 0.15) is 35.1 Å². The molecule has 4 rings (SSSR count). The van der Waals surface area contributed by atoms with Crippen LogP contribution in [0.5, 0.6) is 11.5 Å². The molecule has 0 fully saturated rings. The topological polar surface area (TPSA) is 41.5 Å². The van der Waals surface area contributed by atoms with Gasteiger partial charge in [0.25, 0.3) is 0 Å². The molecular formula is C20H21NO2. The van der Waals surface area contributed by atoms with Gasteiger partial charge in [0.1, 0.15) is 11.5 Å². The van der Waals surface area contributed by atoms with Gasteiger partial charge in [-0.2, -0.15) is 0 Å². The van der Waals surface area contributed by atoms with E-state index in [2.05, 4.69) is 30.5 Å². The van der Waals surface area contributed by atoms with Crippen molar-refractivity contribution in [3.63, 3.8) is 0 Å². The zero-order valence-electron chi connectivity index (χ0n) is 13.4. The second-order valence-corrected chi connectivity index (χ2v) is 6.41. The third-order valence-electron chi connectivity index (χ3n) is 5.19. The first-order valence-electron chi connectivity index (χ1n) is 8.09. The molecule has 3 atom stereocenters. The predicted octanol–water partition coefficient (Wildman–Crippen LogP) is 4.54. The van der Waals surface area contributed by atoms with Gasteiger partial charge in [-0.1, -0.05) is 36.4 Å². The second kappa shape index (κ2) is 5.34. The number of fused-ring (bicyclic) bond motifs is 3. The Kier molecular flexibility index (Phi) is 3.29. The summed E-state index contributed by atoms with van der Waals surface area (Å²) in [4.78, 5) is 0. The number of nitrogens with one attached hydrogen (secondary N) is 1. The first-order chi connectivity index (χ1) is 11.2. The Morgan fingerprint density at radius 3 is 2.83 bits per heavy atom. The summed E-state index contributed by atoms with van der Waals surface area (Å²) in [5.41, 5.74) is 4.48. The number of phenols is 1. The van der Waals surface area contributed by atoms with Gasteiger partial charge in [0.15, 0.2) is 0 Å². The van der Waals surface area contributed by atoms with E-state index in [9.17, 15) is 5.11 Å². The molecule has 0 amide bonds. The Morgan fingerprint density at radius 2 is 2.00 bits per heavy atom. The smallest absolute Gasteiger partial charge is 0.139 e. The number of aromatic hydroxyl groups is 1. The molecule has 23 heavy (non-hydrogen) atoms. The van der Waals surface area contributed by atoms with Crippen LogP contribution in [-0.4, -0.2) is 12.2 Å². The molecule has 2 aromatic rings. The van der Waals surface area contributed by atoms with E-state index < -0.39 is 0 Å². The number of phenolic OH excluding ortho intramolecular Hbond substituents is 1. The van der Waals surface area contributed by atoms with Gasteiger partial charge >= 0.3 is 0 Å². The lowest BCUT2D eigenvalue weighted by molar-refractivity contribution is 0.378. The summed E-state index contributed by atoms with van der Waals surface area (Å²) in [7, 11) is 1.71. The van der Waals surface area contributed by atoms with Crippen molar-refractivity contribution in [1.82, 2.24) is 0 Å². The van der Waals surface area contributed by atoms with Crippen molar-refractivity contribution >= 4 is 5.69 Å². The lowest BCUT2D eigenvalue weighted by Crippen LogP contribution is -2.30. The van der Waals surface area contributed by atoms with E-state index in [0.717, 1.165) is 23.4 Å². The number of rotatable bonds is 2. The van der Waals surface area contributed by atoms with Crippen LogP contribution in [0.2, 0.25) is 0 Å². The summed E-state index contributed by atoms with van der Waals surface area (Å²) < 4.78 is 5.57. The highest BCUT2D eigenvalue weighted by molar-refractivity contribution is 5.69. The molecular weight excluding hydrogens is 286 g/mol. The number of para-hydroxylation sites is 1. The molecule has 0 radical (unpaired) electrons. The van der Waals surface area contributed by atoms with Crippen molar-refractivity contribution in [3.8, 4) is 11.5 Å². The van der Waals surface area contributed by atoms with Crippen LogP contribution in [0.4, 0.5) is 5.69 Å². The maximum absolute atomic E-state index is 10.4. The Balaban J connectivity index is 1.87. The maximum atomic E-state index is 10.4. The number of anilines is 1. The molecule has 0 saturated carbocycles. The molecule has 0 spiro atoms. The molecule has 3 heteroatoms. The van der Waals surface area contributed by atoms with Crippen LogP contribution in [0.25, 0.3) is 0 Å². The summed E-state index contributed by atoms with van der Waals surface area (Å²) in [6, 6.07) is 12.1. The minimum Gasteiger partial charge on any atom is -0.506 e. The number of ether oxygens (including phenoxy) is 1. The minimum atomic E-state index is 0.131. The summed E-state index contributed by atoms with van der Waals surface area (Å²) in [6.45, 7) is 2.12. The number of hydrogen-bond donors (Lipinski definition) is 2. The molecule has 118 valence electrons. The molecule has 2 N–H and O–H groups in total. The molecule has 2 aromatic carbocycles. The van der Waals surface area contributed by atoms with Gasteiger partial charge < -0.3 is 15.2 Å². The van der Waals surface area contributed by atoms with Crippen molar-refractivity contribution in [2.24, 2.45) is 5.92 Å². The number of allylic oxidation sites excluding steroid dienone is 2. The lowest BCUT2D eigenvalue weighted by Gasteiger charge is -2.39. The minimum absolute atomic E-state index is 0.131. The molecule has 1 aliphatic heterocycles. The van der Waals surface area contributed by atoms with Crippen LogP contribution in [-0.2, 0) is 0 Å². The fraction of sp³-hybridized carbons (Fsp3) is 0.300. The van der Waals surface area contributed by atoms with Crippen LogP contribution in [0.15, 0.2) is 48.6 Å². The average Bonchev–Trinajstić information content (AvgIpc) is 3.06. The third-order valence-corrected chi connectivity index (χ3v) is 5.19. The van der Waals surface area contributed by atoms with Crippen LogP contribution >= 0.6 is 0 Å². The van der Waals surface area contributed by atoms with E-state index in [1.807, 2.05) is 24.3 Å². The van der Waals surface area contributed by atoms with Gasteiger partial charge in [0.05, 0.1) is 18.8 Å². The van der Waals surface area contributed by atoms with Crippen molar-refractivity contribution < 1.29 is 9.84 Å². The quantitative estimate of drug-likeness (QED) is 0.632. The fourth-order valence-corrected chi connectivity index (χ4v) is 4.11. The Morgan fingerprint density at radius 1 is 1.17 bits per heavy atom. The van der Waals surface area contributed by atoms with Gasteiger partial charge in [-0.15, -0.1) is 0 Å². The molecule has 1 aliphatic carbocycles. The third kappa shape index (κ3) is 2.11. The van der Waals surface area contributed by atoms with E-state index in [0.29, 0.717) is 17.6 Å². The monoisotopic (exact) mass is 307 g/mol. The summed E-state index contributed by atoms with van der Waals surface area (Å²) in [5.74, 6) is 2.00. The highest BCUT2D eigenvalue weighted by atomic mass is 16.5. The van der Waals surface area contributed by atoms with Crippen molar-refractivity contribution in [1.29, 1.82) is 0 Å². The van der Waals surface area contributed by atoms with Gasteiger partial charge in [-0.3, -0.25) is 0 Å². The second-order valence-electron chi connectivity index (χ2n) is 6.41. The largest absolute Gasteiger partial charge is 0.506 e. The molecule has 3 nitrogen and oxygen atoms in total. The maximum Gasteiger partial charge on any atom is 0.139 e. The van der Waals surface area contributed by atoms with Crippen molar-refractivity contribution in [3.05, 3.63) is 65.2 Å². The number of aryl methyl sites for hydroxylation is 1. The summed E-state index contributed by atoms with van der Waals surface area (Å²) in [5, 5.41) is 14.0. The molecule has 0 saturated heterocycles. The van der Waals surface area contributed by atoms with Gasteiger partial charge in [0.2, 0.25) is 0 Å². The van der Waals surface area contributed by atoms with E-state index in [4.69, 9.17) is 4.74 Å². The van der Waals surface area contributed by atoms with Gasteiger partial charge in [-0.25, -0.2) is 0 Å². The lowest BCUT2D eigenvalue weighted by atomic mass is 9.75. The Bertz CT molecular complexity index is 781. The van der Waals surface area contributed by atoms with E-state index in [1.54, 1.807) is 13.2 Å². The first kappa shape index (κ1) is 14.2. The van der Waals surface area contributed by atoms with E-state index in [-0.39, 0.29) is 6.04 Å². The van der Waals surface area contributed by atoms with Gasteiger partial charge in [0, 0.05) is 11.5 Å². The zero-order chi connectivity index (χ0) is 16.0. The molecule has 0 aromatic heterocycles. The SMILES string of the molecule is COc1ccccc1C1Nc2c(O)ccc(C)c2C2C=CCC21. The van der Waals surface area contributed by atoms with Crippen molar-refractivity contribution in [2.75, 3.05) is 12.4 Å². The summed E-state index contributed by atoms with van der Waals surface area (Å²) >= 11 is 0. The molecule has 0 bridgehead atoms. The zero-order valence-corrected chi connectivity index (χ0v) is 13.4. The molecule has 1 heterocycles. The number of benzene rings is 2. The average molecular weight is 307 g/mol. The first-order valence-corrected chi connectivity index (χ1v) is 8.09. The van der Waals surface area contributed by atoms with Crippen molar-refractivity contribution in [2.45, 2.75) is 25.3 Å². The van der Waals surface area contributed by atoms with Crippen LogP contribution in [0, 0.1) is 12.8 Å². The highest BCUT2D eigenvalue weighted by Gasteiger charge is 2.40. The Hall–Kier alpha value is -2.42. The number of hydrogen-bond acceptors (Lipinski definition) is 3. The van der Waals surface area contributed by atoms with Crippen LogP contribution < -0.4 is 10.1 Å². The predicted molar refractivity (Wildman–Crippen MR) is 92.2 cm³/mol. The summed E-state index contributed by atoms with van der Waals surface area (Å²) in [6.07, 6.45) is 5.59. The standard InChI is InChI=1S/C20H21NO2/c1-12-10-11-16(22)20-18(12)13-7-5-8-14(13)19(21-20)15-6-3-4-9-17(15)23-2/h3-7,9-11,13-14,19,21-22H,8H2,1-2H3. The van der Waals surface area contributed by atoms with E-state index >= 15 is 0 Å². The Labute approximate surface area is 136 Å². The fourth-order valence-electron chi connectivity index (χ4n) is 4.11. The van der Waals surface area contributed by atoms with Crippen LogP contribution in [0.3, 0.4) is 0 Å². The number of methoxy groups -OCH3 is 1. The van der Waals surface area contributed by atoms with E-state index in [1.165, 1.54) is 11.1 Å². The molecule has 3 unspecified atom stereocenters. The molecule has 2 aliphatic rings. The normalized spacial score (nSPS) is 24.7. The highest BCUT2D eigenvalue weighted by Crippen LogP contribution is 2.53.